The molecule has 0 aliphatic carbocycles. The summed E-state index contributed by atoms with van der Waals surface area (Å²) in [5.74, 6) is -1.11. The standard InChI is InChI=1S/C27H31FN4O4/c1-5-20(34)30-10-11-31-17(13-30)15-36-24-21(26(31)35)25(32-14-18(33)12-27(32,3)4)29-23(22(24)28)19-9-7-6-8-16(19)2/h5-9,17-18,33H,1,10-15H2,2-4H3. The van der Waals surface area contributed by atoms with Crippen LogP contribution in [0.5, 0.6) is 5.75 Å². The lowest BCUT2D eigenvalue weighted by Gasteiger charge is -2.40. The summed E-state index contributed by atoms with van der Waals surface area (Å²) in [5, 5.41) is 10.5. The van der Waals surface area contributed by atoms with E-state index in [0.29, 0.717) is 30.9 Å². The van der Waals surface area contributed by atoms with Gasteiger partial charge < -0.3 is 24.5 Å². The number of aliphatic hydroxyl groups is 1. The average molecular weight is 495 g/mol. The number of hydrogen-bond donors (Lipinski definition) is 1. The van der Waals surface area contributed by atoms with Gasteiger partial charge >= 0.3 is 0 Å². The Hall–Kier alpha value is -3.46. The minimum absolute atomic E-state index is 0.0409. The fourth-order valence-corrected chi connectivity index (χ4v) is 5.57. The molecule has 2 fully saturated rings. The van der Waals surface area contributed by atoms with Crippen molar-refractivity contribution in [3.05, 3.63) is 53.9 Å². The molecule has 4 heterocycles. The number of benzene rings is 1. The van der Waals surface area contributed by atoms with Crippen LogP contribution in [0, 0.1) is 12.7 Å². The van der Waals surface area contributed by atoms with Crippen LogP contribution in [0.25, 0.3) is 11.3 Å². The molecule has 0 saturated carbocycles. The van der Waals surface area contributed by atoms with E-state index in [1.54, 1.807) is 15.9 Å². The number of carbonyl (C=O) groups is 2. The molecule has 2 amide bonds. The van der Waals surface area contributed by atoms with Crippen LogP contribution in [-0.4, -0.2) is 82.2 Å². The zero-order chi connectivity index (χ0) is 25.8. The number of fused-ring (bicyclic) bond motifs is 2. The zero-order valence-corrected chi connectivity index (χ0v) is 20.8. The van der Waals surface area contributed by atoms with Gasteiger partial charge in [0.1, 0.15) is 23.7 Å². The van der Waals surface area contributed by atoms with Gasteiger partial charge in [-0.05, 0) is 38.8 Å². The van der Waals surface area contributed by atoms with E-state index in [1.807, 2.05) is 43.9 Å². The van der Waals surface area contributed by atoms with E-state index < -0.39 is 23.5 Å². The van der Waals surface area contributed by atoms with E-state index in [0.717, 1.165) is 5.56 Å². The maximum Gasteiger partial charge on any atom is 0.262 e. The van der Waals surface area contributed by atoms with E-state index in [9.17, 15) is 14.7 Å². The Morgan fingerprint density at radius 1 is 1.28 bits per heavy atom. The van der Waals surface area contributed by atoms with E-state index in [-0.39, 0.29) is 48.5 Å². The number of hydrogen-bond acceptors (Lipinski definition) is 6. The van der Waals surface area contributed by atoms with Crippen LogP contribution >= 0.6 is 0 Å². The summed E-state index contributed by atoms with van der Waals surface area (Å²) in [5.41, 5.74) is 1.11. The lowest BCUT2D eigenvalue weighted by molar-refractivity contribution is -0.128. The summed E-state index contributed by atoms with van der Waals surface area (Å²) in [7, 11) is 0. The Morgan fingerprint density at radius 2 is 2.03 bits per heavy atom. The van der Waals surface area contributed by atoms with E-state index in [2.05, 4.69) is 6.58 Å². The first-order chi connectivity index (χ1) is 17.1. The SMILES string of the molecule is C=CC(=O)N1CCN2C(=O)c3c(N4CC(O)CC4(C)C)nc(-c4ccccc4C)c(F)c3OCC2C1. The van der Waals surface area contributed by atoms with Gasteiger partial charge in [-0.25, -0.2) is 9.37 Å². The molecule has 2 atom stereocenters. The number of carbonyl (C=O) groups excluding carboxylic acids is 2. The quantitative estimate of drug-likeness (QED) is 0.661. The van der Waals surface area contributed by atoms with Crippen molar-refractivity contribution in [1.29, 1.82) is 0 Å². The molecule has 1 aromatic carbocycles. The highest BCUT2D eigenvalue weighted by Gasteiger charge is 2.45. The Bertz CT molecular complexity index is 1250. The molecular weight excluding hydrogens is 463 g/mol. The van der Waals surface area contributed by atoms with Crippen molar-refractivity contribution < 1.29 is 23.8 Å². The molecule has 2 unspecified atom stereocenters. The van der Waals surface area contributed by atoms with Crippen molar-refractivity contribution in [3.63, 3.8) is 0 Å². The van der Waals surface area contributed by atoms with Gasteiger partial charge in [0.25, 0.3) is 5.91 Å². The third-order valence-corrected chi connectivity index (χ3v) is 7.45. The van der Waals surface area contributed by atoms with Gasteiger partial charge in [-0.15, -0.1) is 0 Å². The molecule has 5 rings (SSSR count). The second-order valence-electron chi connectivity index (χ2n) is 10.3. The number of piperazine rings is 1. The molecule has 8 nitrogen and oxygen atoms in total. The summed E-state index contributed by atoms with van der Waals surface area (Å²) in [6.45, 7) is 10.6. The van der Waals surface area contributed by atoms with Gasteiger partial charge in [0, 0.05) is 37.3 Å². The molecule has 2 saturated heterocycles. The summed E-state index contributed by atoms with van der Waals surface area (Å²) in [4.78, 5) is 36.1. The number of rotatable bonds is 3. The van der Waals surface area contributed by atoms with Crippen LogP contribution in [0.3, 0.4) is 0 Å². The maximum atomic E-state index is 16.1. The summed E-state index contributed by atoms with van der Waals surface area (Å²) >= 11 is 0. The maximum absolute atomic E-state index is 16.1. The van der Waals surface area contributed by atoms with Crippen molar-refractivity contribution in [2.24, 2.45) is 0 Å². The van der Waals surface area contributed by atoms with E-state index in [4.69, 9.17) is 9.72 Å². The van der Waals surface area contributed by atoms with Gasteiger partial charge in [-0.1, -0.05) is 30.8 Å². The number of nitrogens with zero attached hydrogens (tertiary/aromatic N) is 4. The highest BCUT2D eigenvalue weighted by atomic mass is 19.1. The fraction of sp³-hybridized carbons (Fsp3) is 0.444. The topological polar surface area (TPSA) is 86.2 Å². The third kappa shape index (κ3) is 3.91. The fourth-order valence-electron chi connectivity index (χ4n) is 5.57. The predicted molar refractivity (Wildman–Crippen MR) is 134 cm³/mol. The van der Waals surface area contributed by atoms with Crippen LogP contribution in [0.4, 0.5) is 10.2 Å². The second kappa shape index (κ2) is 8.89. The summed E-state index contributed by atoms with van der Waals surface area (Å²) in [6.07, 6.45) is 1.13. The Morgan fingerprint density at radius 3 is 2.69 bits per heavy atom. The first kappa shape index (κ1) is 24.2. The molecule has 1 N–H and O–H groups in total. The number of amides is 2. The summed E-state index contributed by atoms with van der Waals surface area (Å²) in [6, 6.07) is 6.92. The lowest BCUT2D eigenvalue weighted by Crippen LogP contribution is -2.57. The zero-order valence-electron chi connectivity index (χ0n) is 20.8. The smallest absolute Gasteiger partial charge is 0.262 e. The normalized spacial score (nSPS) is 23.0. The molecule has 0 spiro atoms. The number of aromatic nitrogens is 1. The molecule has 190 valence electrons. The number of pyridine rings is 1. The van der Waals surface area contributed by atoms with Crippen LogP contribution in [0.15, 0.2) is 36.9 Å². The minimum atomic E-state index is -0.687. The van der Waals surface area contributed by atoms with Gasteiger partial charge in [0.05, 0.1) is 12.1 Å². The Kier molecular flexibility index (Phi) is 5.98. The van der Waals surface area contributed by atoms with Crippen LogP contribution in [0.1, 0.15) is 36.2 Å². The number of halogens is 1. The number of aliphatic hydroxyl groups excluding tert-OH is 1. The molecule has 2 aromatic rings. The van der Waals surface area contributed by atoms with Crippen molar-refractivity contribution in [1.82, 2.24) is 14.8 Å². The highest BCUT2D eigenvalue weighted by molar-refractivity contribution is 6.03. The molecule has 3 aliphatic rings. The molecule has 0 radical (unpaired) electrons. The Labute approximate surface area is 210 Å². The summed E-state index contributed by atoms with van der Waals surface area (Å²) < 4.78 is 22.2. The number of β-amino-alcohol motifs (C(OH)–C–C–N with tert-alkyl or cyclic N) is 1. The molecule has 3 aliphatic heterocycles. The van der Waals surface area contributed by atoms with Crippen molar-refractivity contribution in [2.45, 2.75) is 44.9 Å². The molecular formula is C27H31FN4O4. The van der Waals surface area contributed by atoms with Crippen molar-refractivity contribution in [2.75, 3.05) is 37.7 Å². The van der Waals surface area contributed by atoms with E-state index in [1.165, 1.54) is 6.08 Å². The Balaban J connectivity index is 1.68. The molecule has 0 bridgehead atoms. The van der Waals surface area contributed by atoms with Crippen molar-refractivity contribution >= 4 is 17.6 Å². The van der Waals surface area contributed by atoms with Gasteiger partial charge in [-0.2, -0.15) is 0 Å². The average Bonchev–Trinajstić information content (AvgIpc) is 3.04. The van der Waals surface area contributed by atoms with Crippen molar-refractivity contribution in [3.8, 4) is 17.0 Å². The van der Waals surface area contributed by atoms with Gasteiger partial charge in [-0.3, -0.25) is 9.59 Å². The van der Waals surface area contributed by atoms with Gasteiger partial charge in [0.2, 0.25) is 5.91 Å². The van der Waals surface area contributed by atoms with Crippen LogP contribution in [0.2, 0.25) is 0 Å². The van der Waals surface area contributed by atoms with Crippen LogP contribution in [-0.2, 0) is 4.79 Å². The monoisotopic (exact) mass is 494 g/mol. The van der Waals surface area contributed by atoms with E-state index >= 15 is 4.39 Å². The number of aryl methyl sites for hydroxylation is 1. The molecule has 9 heteroatoms. The predicted octanol–water partition coefficient (Wildman–Crippen LogP) is 2.78. The first-order valence-electron chi connectivity index (χ1n) is 12.2. The minimum Gasteiger partial charge on any atom is -0.487 e. The first-order valence-corrected chi connectivity index (χ1v) is 12.2. The van der Waals surface area contributed by atoms with Crippen LogP contribution < -0.4 is 9.64 Å². The van der Waals surface area contributed by atoms with Gasteiger partial charge in [0.15, 0.2) is 11.6 Å². The lowest BCUT2D eigenvalue weighted by atomic mass is 9.99. The number of anilines is 1. The second-order valence-corrected chi connectivity index (χ2v) is 10.3. The largest absolute Gasteiger partial charge is 0.487 e. The third-order valence-electron chi connectivity index (χ3n) is 7.45. The highest BCUT2D eigenvalue weighted by Crippen LogP contribution is 2.43. The molecule has 1 aromatic heterocycles. The number of ether oxygens (including phenoxy) is 1. The molecule has 36 heavy (non-hydrogen) atoms.